The minimum absolute atomic E-state index is 0.330. The van der Waals surface area contributed by atoms with Crippen LogP contribution in [0.3, 0.4) is 0 Å². The molecule has 1 nitrogen and oxygen atoms in total. The summed E-state index contributed by atoms with van der Waals surface area (Å²) in [5, 5.41) is 0. The minimum Gasteiger partial charge on any atom is -0.406 e. The average molecular weight is 270 g/mol. The van der Waals surface area contributed by atoms with E-state index < -0.39 is 12.2 Å². The average Bonchev–Trinajstić information content (AvgIpc) is 2.28. The molecule has 0 unspecified atom stereocenters. The predicted octanol–water partition coefficient (Wildman–Crippen LogP) is 4.70. The second-order valence-corrected chi connectivity index (χ2v) is 4.06. The second-order valence-electron chi connectivity index (χ2n) is 4.06. The van der Waals surface area contributed by atoms with Crippen molar-refractivity contribution in [2.45, 2.75) is 13.3 Å². The first-order valence-corrected chi connectivity index (χ1v) is 5.47. The van der Waals surface area contributed by atoms with E-state index in [1.165, 1.54) is 18.2 Å². The van der Waals surface area contributed by atoms with Gasteiger partial charge in [0.05, 0.1) is 0 Å². The fraction of sp³-hybridized carbons (Fsp3) is 0.143. The monoisotopic (exact) mass is 270 g/mol. The van der Waals surface area contributed by atoms with E-state index in [9.17, 15) is 17.6 Å². The third-order valence-corrected chi connectivity index (χ3v) is 2.52. The molecule has 0 N–H and O–H groups in total. The summed E-state index contributed by atoms with van der Waals surface area (Å²) < 4.78 is 53.4. The van der Waals surface area contributed by atoms with Gasteiger partial charge >= 0.3 is 6.36 Å². The molecule has 0 heterocycles. The Hall–Kier alpha value is -2.04. The lowest BCUT2D eigenvalue weighted by Crippen LogP contribution is -2.16. The smallest absolute Gasteiger partial charge is 0.406 e. The van der Waals surface area contributed by atoms with Gasteiger partial charge in [-0.25, -0.2) is 4.39 Å². The van der Waals surface area contributed by atoms with Crippen LogP contribution in [0.2, 0.25) is 0 Å². The van der Waals surface area contributed by atoms with Crippen LogP contribution >= 0.6 is 0 Å². The number of benzene rings is 2. The highest BCUT2D eigenvalue weighted by atomic mass is 19.4. The molecule has 19 heavy (non-hydrogen) atoms. The van der Waals surface area contributed by atoms with E-state index in [0.717, 1.165) is 17.7 Å². The van der Waals surface area contributed by atoms with Gasteiger partial charge in [0.2, 0.25) is 0 Å². The van der Waals surface area contributed by atoms with Crippen LogP contribution in [0.25, 0.3) is 11.1 Å². The first-order valence-electron chi connectivity index (χ1n) is 5.47. The van der Waals surface area contributed by atoms with Crippen LogP contribution in [0, 0.1) is 12.7 Å². The molecule has 0 spiro atoms. The van der Waals surface area contributed by atoms with Gasteiger partial charge in [-0.15, -0.1) is 13.2 Å². The zero-order chi connectivity index (χ0) is 14.0. The van der Waals surface area contributed by atoms with Gasteiger partial charge in [0, 0.05) is 5.56 Å². The number of alkyl halides is 3. The van der Waals surface area contributed by atoms with Crippen molar-refractivity contribution in [3.63, 3.8) is 0 Å². The molecule has 0 saturated heterocycles. The van der Waals surface area contributed by atoms with Crippen molar-refractivity contribution in [3.05, 3.63) is 53.8 Å². The second kappa shape index (κ2) is 4.91. The van der Waals surface area contributed by atoms with Gasteiger partial charge in [0.15, 0.2) is 0 Å². The van der Waals surface area contributed by atoms with Gasteiger partial charge in [0.25, 0.3) is 0 Å². The molecule has 2 aromatic carbocycles. The summed E-state index contributed by atoms with van der Waals surface area (Å²) in [6, 6.07) is 9.77. The standard InChI is InChI=1S/C14H10F4O/c1-9-2-7-12(13(15)8-9)10-3-5-11(6-4-10)19-14(16,17)18/h2-8H,1H3. The van der Waals surface area contributed by atoms with Gasteiger partial charge in [-0.1, -0.05) is 24.3 Å². The Labute approximate surface area is 107 Å². The molecule has 0 aliphatic heterocycles. The van der Waals surface area contributed by atoms with E-state index in [0.29, 0.717) is 11.1 Å². The van der Waals surface area contributed by atoms with Crippen LogP contribution in [-0.4, -0.2) is 6.36 Å². The highest BCUT2D eigenvalue weighted by Crippen LogP contribution is 2.28. The molecule has 100 valence electrons. The Balaban J connectivity index is 2.27. The molecule has 0 atom stereocenters. The molecule has 0 aliphatic carbocycles. The molecule has 2 rings (SSSR count). The molecule has 0 aromatic heterocycles. The van der Waals surface area contributed by atoms with Crippen LogP contribution in [0.15, 0.2) is 42.5 Å². The van der Waals surface area contributed by atoms with E-state index in [-0.39, 0.29) is 5.75 Å². The zero-order valence-corrected chi connectivity index (χ0v) is 9.96. The first-order chi connectivity index (χ1) is 8.85. The highest BCUT2D eigenvalue weighted by Gasteiger charge is 2.30. The summed E-state index contributed by atoms with van der Waals surface area (Å²) in [5.74, 6) is -0.742. The van der Waals surface area contributed by atoms with Crippen molar-refractivity contribution in [2.75, 3.05) is 0 Å². The molecule has 0 fully saturated rings. The van der Waals surface area contributed by atoms with E-state index in [2.05, 4.69) is 4.74 Å². The molecule has 0 bridgehead atoms. The van der Waals surface area contributed by atoms with Crippen molar-refractivity contribution < 1.29 is 22.3 Å². The molecule has 0 amide bonds. The van der Waals surface area contributed by atoms with Crippen LogP contribution in [0.5, 0.6) is 5.75 Å². The van der Waals surface area contributed by atoms with Crippen LogP contribution in [0.4, 0.5) is 17.6 Å². The Morgan fingerprint density at radius 3 is 2.11 bits per heavy atom. The number of hydrogen-bond donors (Lipinski definition) is 0. The number of hydrogen-bond acceptors (Lipinski definition) is 1. The van der Waals surface area contributed by atoms with Gasteiger partial charge in [-0.3, -0.25) is 0 Å². The van der Waals surface area contributed by atoms with Gasteiger partial charge in [-0.05, 0) is 36.2 Å². The lowest BCUT2D eigenvalue weighted by Gasteiger charge is -2.10. The van der Waals surface area contributed by atoms with Crippen molar-refractivity contribution in [2.24, 2.45) is 0 Å². The van der Waals surface area contributed by atoms with E-state index in [1.54, 1.807) is 19.1 Å². The number of ether oxygens (including phenoxy) is 1. The van der Waals surface area contributed by atoms with E-state index in [4.69, 9.17) is 0 Å². The Morgan fingerprint density at radius 1 is 0.947 bits per heavy atom. The van der Waals surface area contributed by atoms with Crippen LogP contribution in [0.1, 0.15) is 5.56 Å². The molecule has 0 saturated carbocycles. The minimum atomic E-state index is -4.73. The van der Waals surface area contributed by atoms with Crippen molar-refractivity contribution >= 4 is 0 Å². The van der Waals surface area contributed by atoms with Gasteiger partial charge in [-0.2, -0.15) is 0 Å². The molecular weight excluding hydrogens is 260 g/mol. The molecule has 0 radical (unpaired) electrons. The summed E-state index contributed by atoms with van der Waals surface area (Å²) in [7, 11) is 0. The maximum Gasteiger partial charge on any atom is 0.573 e. The summed E-state index contributed by atoms with van der Waals surface area (Å²) >= 11 is 0. The normalized spacial score (nSPS) is 11.4. The zero-order valence-electron chi connectivity index (χ0n) is 9.96. The fourth-order valence-electron chi connectivity index (χ4n) is 1.69. The lowest BCUT2D eigenvalue weighted by atomic mass is 10.0. The van der Waals surface area contributed by atoms with Gasteiger partial charge in [0.1, 0.15) is 11.6 Å². The molecule has 2 aromatic rings. The Morgan fingerprint density at radius 2 is 1.58 bits per heavy atom. The lowest BCUT2D eigenvalue weighted by molar-refractivity contribution is -0.274. The van der Waals surface area contributed by atoms with Crippen molar-refractivity contribution in [1.82, 2.24) is 0 Å². The third kappa shape index (κ3) is 3.47. The molecule has 5 heteroatoms. The topological polar surface area (TPSA) is 9.23 Å². The van der Waals surface area contributed by atoms with Crippen LogP contribution < -0.4 is 4.74 Å². The predicted molar refractivity (Wildman–Crippen MR) is 63.3 cm³/mol. The SMILES string of the molecule is Cc1ccc(-c2ccc(OC(F)(F)F)cc2)c(F)c1. The quantitative estimate of drug-likeness (QED) is 0.719. The van der Waals surface area contributed by atoms with Crippen molar-refractivity contribution in [3.8, 4) is 16.9 Å². The number of rotatable bonds is 2. The third-order valence-electron chi connectivity index (χ3n) is 2.52. The Bertz CT molecular complexity index is 573. The summed E-state index contributed by atoms with van der Waals surface area (Å²) in [5.41, 5.74) is 1.61. The molecular formula is C14H10F4O. The summed E-state index contributed by atoms with van der Waals surface area (Å²) in [4.78, 5) is 0. The van der Waals surface area contributed by atoms with E-state index in [1.807, 2.05) is 0 Å². The number of halogens is 4. The van der Waals surface area contributed by atoms with Gasteiger partial charge < -0.3 is 4.74 Å². The fourth-order valence-corrected chi connectivity index (χ4v) is 1.69. The Kier molecular flexibility index (Phi) is 3.46. The molecule has 0 aliphatic rings. The first kappa shape index (κ1) is 13.4. The largest absolute Gasteiger partial charge is 0.573 e. The maximum absolute atomic E-state index is 13.7. The number of aryl methyl sites for hydroxylation is 1. The maximum atomic E-state index is 13.7. The van der Waals surface area contributed by atoms with Crippen LogP contribution in [-0.2, 0) is 0 Å². The van der Waals surface area contributed by atoms with E-state index >= 15 is 0 Å². The highest BCUT2D eigenvalue weighted by molar-refractivity contribution is 5.65. The summed E-state index contributed by atoms with van der Waals surface area (Å²) in [6.07, 6.45) is -4.73. The summed E-state index contributed by atoms with van der Waals surface area (Å²) in [6.45, 7) is 1.76. The van der Waals surface area contributed by atoms with Crippen molar-refractivity contribution in [1.29, 1.82) is 0 Å².